The van der Waals surface area contributed by atoms with Crippen LogP contribution in [-0.4, -0.2) is 41.5 Å². The number of aliphatic hydroxyl groups is 2. The quantitative estimate of drug-likeness (QED) is 0.0376. The van der Waals surface area contributed by atoms with Gasteiger partial charge in [-0.3, -0.25) is 14.1 Å². The van der Waals surface area contributed by atoms with E-state index < -0.39 is 39.1 Å². The Morgan fingerprint density at radius 1 is 0.542 bits per heavy atom. The van der Waals surface area contributed by atoms with Crippen molar-refractivity contribution in [3.05, 3.63) is 24.3 Å². The average Bonchev–Trinajstić information content (AvgIpc) is 3.07. The number of carbonyl (C=O) groups excluding carboxylic acids is 2. The van der Waals surface area contributed by atoms with Crippen LogP contribution in [0.25, 0.3) is 0 Å². The molecule has 0 radical (unpaired) electrons. The molecule has 0 heterocycles. The van der Waals surface area contributed by atoms with Crippen molar-refractivity contribution in [1.82, 2.24) is 0 Å². The summed E-state index contributed by atoms with van der Waals surface area (Å²) in [6.07, 6.45) is 37.3. The first-order valence-corrected chi connectivity index (χ1v) is 21.1. The van der Waals surface area contributed by atoms with Gasteiger partial charge in [0.1, 0.15) is 6.10 Å². The predicted octanol–water partition coefficient (Wildman–Crippen LogP) is 11.6. The second kappa shape index (κ2) is 35.4. The lowest BCUT2D eigenvalue weighted by Crippen LogP contribution is -2.20. The molecule has 8 nitrogen and oxygen atoms in total. The van der Waals surface area contributed by atoms with Gasteiger partial charge in [-0.2, -0.15) is 0 Å². The molecule has 0 amide bonds. The van der Waals surface area contributed by atoms with Crippen LogP contribution in [0, 0.1) is 0 Å². The van der Waals surface area contributed by atoms with Crippen LogP contribution in [0.1, 0.15) is 194 Å². The molecule has 0 spiro atoms. The Balaban J connectivity index is 4.12. The molecule has 0 aliphatic rings. The number of aliphatic hydroxyl groups excluding tert-OH is 2. The van der Waals surface area contributed by atoms with E-state index in [0.717, 1.165) is 77.0 Å². The molecule has 0 aromatic heterocycles. The molecule has 282 valence electrons. The first-order chi connectivity index (χ1) is 23.4. The van der Waals surface area contributed by atoms with Gasteiger partial charge in [-0.05, 0) is 64.2 Å². The summed E-state index contributed by atoms with van der Waals surface area (Å²) < 4.78 is 28.1. The Hall–Kier alpha value is -1.47. The van der Waals surface area contributed by atoms with Gasteiger partial charge >= 0.3 is 19.8 Å². The van der Waals surface area contributed by atoms with E-state index in [4.69, 9.17) is 18.7 Å². The van der Waals surface area contributed by atoms with E-state index in [-0.39, 0.29) is 12.8 Å². The van der Waals surface area contributed by atoms with Crippen molar-refractivity contribution in [2.75, 3.05) is 13.2 Å². The zero-order valence-electron chi connectivity index (χ0n) is 30.9. The molecule has 0 aromatic carbocycles. The average molecular weight is 701 g/mol. The Kier molecular flexibility index (Phi) is 34.3. The van der Waals surface area contributed by atoms with Crippen LogP contribution in [0.15, 0.2) is 24.3 Å². The van der Waals surface area contributed by atoms with Crippen LogP contribution in [0.3, 0.4) is 0 Å². The van der Waals surface area contributed by atoms with E-state index >= 15 is 0 Å². The zero-order chi connectivity index (χ0) is 35.4. The largest absolute Gasteiger partial charge is 0.592 e. The summed E-state index contributed by atoms with van der Waals surface area (Å²) in [5.74, 6) is -1.55. The van der Waals surface area contributed by atoms with Gasteiger partial charge in [-0.1, -0.05) is 141 Å². The monoisotopic (exact) mass is 701 g/mol. The van der Waals surface area contributed by atoms with Gasteiger partial charge in [-0.15, -0.1) is 0 Å². The van der Waals surface area contributed by atoms with Crippen molar-refractivity contribution in [2.24, 2.45) is 0 Å². The smallest absolute Gasteiger partial charge is 0.394 e. The van der Waals surface area contributed by atoms with Crippen LogP contribution in [0.2, 0.25) is 0 Å². The fourth-order valence-electron chi connectivity index (χ4n) is 5.32. The number of allylic oxidation sites excluding steroid dienone is 4. The van der Waals surface area contributed by atoms with E-state index in [1.54, 1.807) is 0 Å². The summed E-state index contributed by atoms with van der Waals surface area (Å²) in [6, 6.07) is 0. The van der Waals surface area contributed by atoms with E-state index in [2.05, 4.69) is 38.2 Å². The highest BCUT2D eigenvalue weighted by atomic mass is 31.2. The number of carbonyl (C=O) groups is 2. The molecule has 0 fully saturated rings. The summed E-state index contributed by atoms with van der Waals surface area (Å²) in [4.78, 5) is 24.8. The molecular formula is C39H73O8P. The fraction of sp³-hybridized carbons (Fsp3) is 0.846. The van der Waals surface area contributed by atoms with Gasteiger partial charge in [0.15, 0.2) is 0 Å². The highest BCUT2D eigenvalue weighted by Gasteiger charge is 2.35. The molecule has 2 N–H and O–H groups in total. The van der Waals surface area contributed by atoms with E-state index in [1.807, 2.05) is 0 Å². The molecule has 0 aliphatic heterocycles. The van der Waals surface area contributed by atoms with Crippen LogP contribution >= 0.6 is 7.82 Å². The van der Waals surface area contributed by atoms with Crippen LogP contribution in [0.4, 0.5) is 0 Å². The maximum absolute atomic E-state index is 13.1. The minimum absolute atomic E-state index is 0.0276. The molecule has 0 saturated carbocycles. The molecule has 0 saturated heterocycles. The summed E-state index contributed by atoms with van der Waals surface area (Å²) in [7, 11) is -4.56. The molecule has 0 bridgehead atoms. The summed E-state index contributed by atoms with van der Waals surface area (Å²) in [5, 5.41) is 18.7. The second-order valence-corrected chi connectivity index (χ2v) is 14.7. The molecule has 48 heavy (non-hydrogen) atoms. The summed E-state index contributed by atoms with van der Waals surface area (Å²) in [5.41, 5.74) is 0. The highest BCUT2D eigenvalue weighted by molar-refractivity contribution is 7.49. The molecule has 9 heteroatoms. The van der Waals surface area contributed by atoms with Gasteiger partial charge in [0.2, 0.25) is 0 Å². The second-order valence-electron chi connectivity index (χ2n) is 13.2. The third-order valence-electron chi connectivity index (χ3n) is 8.35. The molecular weight excluding hydrogens is 627 g/mol. The van der Waals surface area contributed by atoms with Crippen molar-refractivity contribution < 1.29 is 37.9 Å². The molecule has 1 atom stereocenters. The van der Waals surface area contributed by atoms with Crippen molar-refractivity contribution >= 4 is 19.8 Å². The van der Waals surface area contributed by atoms with Gasteiger partial charge in [0.25, 0.3) is 0 Å². The van der Waals surface area contributed by atoms with Crippen LogP contribution in [0.5, 0.6) is 0 Å². The Morgan fingerprint density at radius 3 is 1.19 bits per heavy atom. The molecule has 0 aliphatic carbocycles. The zero-order valence-corrected chi connectivity index (χ0v) is 31.8. The number of phosphoric acid groups is 1. The van der Waals surface area contributed by atoms with Gasteiger partial charge in [0.05, 0.1) is 13.2 Å². The predicted molar refractivity (Wildman–Crippen MR) is 198 cm³/mol. The topological polar surface area (TPSA) is 119 Å². The molecule has 0 unspecified atom stereocenters. The number of hydrogen-bond acceptors (Lipinski definition) is 8. The van der Waals surface area contributed by atoms with Gasteiger partial charge in [-0.25, -0.2) is 4.57 Å². The third kappa shape index (κ3) is 33.0. The normalized spacial score (nSPS) is 12.7. The Labute approximate surface area is 294 Å². The first-order valence-electron chi connectivity index (χ1n) is 19.6. The Morgan fingerprint density at radius 2 is 0.854 bits per heavy atom. The number of unbranched alkanes of at least 4 members (excludes halogenated alkanes) is 22. The summed E-state index contributed by atoms with van der Waals surface area (Å²) >= 11 is 0. The maximum Gasteiger partial charge on any atom is 0.592 e. The third-order valence-corrected chi connectivity index (χ3v) is 9.67. The van der Waals surface area contributed by atoms with Crippen molar-refractivity contribution in [3.8, 4) is 0 Å². The SMILES string of the molecule is CCCCCCCC/C=C\CCCCCCCC(=O)OP(=O)(OC[C@H](O)CO)OC(=O)CCCCCCC/C=C\CCCCCCCC. The van der Waals surface area contributed by atoms with Crippen molar-refractivity contribution in [2.45, 2.75) is 200 Å². The number of phosphoric ester groups is 1. The van der Waals surface area contributed by atoms with Gasteiger partial charge in [0, 0.05) is 12.8 Å². The highest BCUT2D eigenvalue weighted by Crippen LogP contribution is 2.50. The minimum atomic E-state index is -4.56. The van der Waals surface area contributed by atoms with E-state index in [1.165, 1.54) is 77.0 Å². The molecule has 0 aromatic rings. The van der Waals surface area contributed by atoms with Crippen LogP contribution in [-0.2, 0) is 27.7 Å². The van der Waals surface area contributed by atoms with Crippen molar-refractivity contribution in [1.29, 1.82) is 0 Å². The number of hydrogen-bond donors (Lipinski definition) is 2. The Bertz CT molecular complexity index is 786. The molecule has 0 rings (SSSR count). The lowest BCUT2D eigenvalue weighted by molar-refractivity contribution is -0.141. The number of rotatable bonds is 36. The maximum atomic E-state index is 13.1. The lowest BCUT2D eigenvalue weighted by Gasteiger charge is -2.18. The lowest BCUT2D eigenvalue weighted by atomic mass is 10.1. The standard InChI is InChI=1S/C39H73O8P/c1-3-5-7-9-11-13-15-17-19-21-23-25-27-29-31-33-38(42)46-48(44,45-36-37(41)35-40)47-39(43)34-32-30-28-26-24-22-20-18-16-14-12-10-8-6-4-2/h17-20,37,40-41H,3-16,21-36H2,1-2H3/b19-17-,20-18-/t37-/m1/s1. The summed E-state index contributed by atoms with van der Waals surface area (Å²) in [6.45, 7) is 3.26. The van der Waals surface area contributed by atoms with Crippen LogP contribution < -0.4 is 0 Å². The fourth-order valence-corrected chi connectivity index (χ4v) is 6.50. The van der Waals surface area contributed by atoms with Crippen molar-refractivity contribution in [3.63, 3.8) is 0 Å². The van der Waals surface area contributed by atoms with E-state index in [9.17, 15) is 19.3 Å². The van der Waals surface area contributed by atoms with E-state index in [0.29, 0.717) is 12.8 Å². The first kappa shape index (κ1) is 46.5. The van der Waals surface area contributed by atoms with Gasteiger partial charge < -0.3 is 19.3 Å². The minimum Gasteiger partial charge on any atom is -0.394 e.